The van der Waals surface area contributed by atoms with Crippen molar-refractivity contribution >= 4 is 22.9 Å². The Morgan fingerprint density at radius 2 is 1.95 bits per heavy atom. The summed E-state index contributed by atoms with van der Waals surface area (Å²) in [5, 5.41) is 12.2. The van der Waals surface area contributed by atoms with Crippen molar-refractivity contribution in [2.45, 2.75) is 0 Å². The molecule has 3 N–H and O–H groups in total. The van der Waals surface area contributed by atoms with Crippen LogP contribution in [0.2, 0.25) is 0 Å². The minimum absolute atomic E-state index is 0.427. The van der Waals surface area contributed by atoms with Crippen molar-refractivity contribution < 1.29 is 0 Å². The van der Waals surface area contributed by atoms with Gasteiger partial charge in [-0.3, -0.25) is 0 Å². The SMILES string of the molecule is CN(C)c1ccc(Nc2ncc(N)cc2C#N)cc1. The summed E-state index contributed by atoms with van der Waals surface area (Å²) in [5.41, 5.74) is 8.49. The van der Waals surface area contributed by atoms with Crippen molar-refractivity contribution in [1.82, 2.24) is 4.98 Å². The average Bonchev–Trinajstić information content (AvgIpc) is 2.41. The number of anilines is 4. The molecule has 1 aromatic carbocycles. The lowest BCUT2D eigenvalue weighted by Crippen LogP contribution is -2.08. The second-order valence-corrected chi connectivity index (χ2v) is 4.34. The van der Waals surface area contributed by atoms with E-state index in [0.29, 0.717) is 17.1 Å². The molecule has 0 bridgehead atoms. The summed E-state index contributed by atoms with van der Waals surface area (Å²) in [5.74, 6) is 0.509. The number of pyridine rings is 1. The van der Waals surface area contributed by atoms with Crippen molar-refractivity contribution in [3.05, 3.63) is 42.1 Å². The van der Waals surface area contributed by atoms with Gasteiger partial charge in [-0.1, -0.05) is 0 Å². The molecule has 0 fully saturated rings. The number of nitrogens with two attached hydrogens (primary N) is 1. The molecule has 0 aliphatic carbocycles. The van der Waals surface area contributed by atoms with Crippen molar-refractivity contribution in [3.63, 3.8) is 0 Å². The molecule has 19 heavy (non-hydrogen) atoms. The van der Waals surface area contributed by atoms with Gasteiger partial charge in [0.1, 0.15) is 11.9 Å². The molecule has 96 valence electrons. The topological polar surface area (TPSA) is 78.0 Å². The lowest BCUT2D eigenvalue weighted by Gasteiger charge is -2.13. The second kappa shape index (κ2) is 5.27. The molecular weight excluding hydrogens is 238 g/mol. The molecule has 0 unspecified atom stereocenters. The van der Waals surface area contributed by atoms with Crippen LogP contribution in [0.15, 0.2) is 36.5 Å². The minimum Gasteiger partial charge on any atom is -0.397 e. The summed E-state index contributed by atoms with van der Waals surface area (Å²) in [7, 11) is 3.97. The maximum Gasteiger partial charge on any atom is 0.148 e. The first kappa shape index (κ1) is 12.7. The van der Waals surface area contributed by atoms with Crippen molar-refractivity contribution in [2.75, 3.05) is 30.0 Å². The van der Waals surface area contributed by atoms with E-state index in [4.69, 9.17) is 11.0 Å². The van der Waals surface area contributed by atoms with E-state index in [9.17, 15) is 0 Å². The third kappa shape index (κ3) is 2.93. The number of hydrogen-bond donors (Lipinski definition) is 2. The van der Waals surface area contributed by atoms with Crippen LogP contribution in [0.4, 0.5) is 22.9 Å². The summed E-state index contributed by atoms with van der Waals surface area (Å²) < 4.78 is 0. The van der Waals surface area contributed by atoms with Gasteiger partial charge < -0.3 is 16.0 Å². The number of nitrogen functional groups attached to an aromatic ring is 1. The second-order valence-electron chi connectivity index (χ2n) is 4.34. The molecule has 0 saturated heterocycles. The Balaban J connectivity index is 2.24. The quantitative estimate of drug-likeness (QED) is 0.877. The van der Waals surface area contributed by atoms with Crippen LogP contribution in [0.3, 0.4) is 0 Å². The summed E-state index contributed by atoms with van der Waals surface area (Å²) in [4.78, 5) is 6.15. The molecule has 0 spiro atoms. The fraction of sp³-hybridized carbons (Fsp3) is 0.143. The van der Waals surface area contributed by atoms with Gasteiger partial charge in [-0.05, 0) is 30.3 Å². The molecule has 0 amide bonds. The number of hydrogen-bond acceptors (Lipinski definition) is 5. The van der Waals surface area contributed by atoms with E-state index in [0.717, 1.165) is 11.4 Å². The summed E-state index contributed by atoms with van der Waals surface area (Å²) in [6.07, 6.45) is 1.53. The van der Waals surface area contributed by atoms with Gasteiger partial charge in [0.15, 0.2) is 0 Å². The molecule has 0 radical (unpaired) electrons. The number of nitrogens with zero attached hydrogens (tertiary/aromatic N) is 3. The Kier molecular flexibility index (Phi) is 3.53. The third-order valence-corrected chi connectivity index (χ3v) is 2.68. The van der Waals surface area contributed by atoms with Gasteiger partial charge in [0, 0.05) is 25.5 Å². The van der Waals surface area contributed by atoms with E-state index >= 15 is 0 Å². The number of nitriles is 1. The highest BCUT2D eigenvalue weighted by Gasteiger charge is 2.05. The number of aromatic nitrogens is 1. The van der Waals surface area contributed by atoms with Crippen LogP contribution in [-0.2, 0) is 0 Å². The third-order valence-electron chi connectivity index (χ3n) is 2.68. The predicted molar refractivity (Wildman–Crippen MR) is 77.4 cm³/mol. The average molecular weight is 253 g/mol. The van der Waals surface area contributed by atoms with Crippen LogP contribution < -0.4 is 16.0 Å². The van der Waals surface area contributed by atoms with E-state index in [-0.39, 0.29) is 0 Å². The highest BCUT2D eigenvalue weighted by Crippen LogP contribution is 2.22. The van der Waals surface area contributed by atoms with Crippen LogP contribution in [0.5, 0.6) is 0 Å². The maximum absolute atomic E-state index is 9.05. The van der Waals surface area contributed by atoms with Crippen molar-refractivity contribution in [2.24, 2.45) is 0 Å². The van der Waals surface area contributed by atoms with Crippen LogP contribution >= 0.6 is 0 Å². The highest BCUT2D eigenvalue weighted by atomic mass is 15.1. The molecule has 2 rings (SSSR count). The van der Waals surface area contributed by atoms with Gasteiger partial charge >= 0.3 is 0 Å². The molecular formula is C14H15N5. The summed E-state index contributed by atoms with van der Waals surface area (Å²) in [6.45, 7) is 0. The van der Waals surface area contributed by atoms with Crippen LogP contribution in [0.1, 0.15) is 5.56 Å². The molecule has 5 heteroatoms. The van der Waals surface area contributed by atoms with E-state index in [1.54, 1.807) is 6.07 Å². The molecule has 5 nitrogen and oxygen atoms in total. The molecule has 0 saturated carbocycles. The largest absolute Gasteiger partial charge is 0.397 e. The van der Waals surface area contributed by atoms with E-state index in [1.807, 2.05) is 43.3 Å². The number of rotatable bonds is 3. The van der Waals surface area contributed by atoms with Crippen molar-refractivity contribution in [1.29, 1.82) is 5.26 Å². The zero-order valence-electron chi connectivity index (χ0n) is 10.9. The maximum atomic E-state index is 9.05. The zero-order chi connectivity index (χ0) is 13.8. The van der Waals surface area contributed by atoms with Crippen LogP contribution in [-0.4, -0.2) is 19.1 Å². The van der Waals surface area contributed by atoms with Gasteiger partial charge in [-0.2, -0.15) is 5.26 Å². The molecule has 1 heterocycles. The highest BCUT2D eigenvalue weighted by molar-refractivity contribution is 5.66. The lowest BCUT2D eigenvalue weighted by molar-refractivity contribution is 1.13. The van der Waals surface area contributed by atoms with E-state index in [2.05, 4.69) is 16.4 Å². The lowest BCUT2D eigenvalue weighted by atomic mass is 10.2. The van der Waals surface area contributed by atoms with Gasteiger partial charge in [0.2, 0.25) is 0 Å². The molecule has 2 aromatic rings. The smallest absolute Gasteiger partial charge is 0.148 e. The first-order valence-electron chi connectivity index (χ1n) is 5.80. The fourth-order valence-corrected chi connectivity index (χ4v) is 1.65. The summed E-state index contributed by atoms with van der Waals surface area (Å²) in [6, 6.07) is 11.5. The first-order chi connectivity index (χ1) is 9.10. The van der Waals surface area contributed by atoms with Gasteiger partial charge in [-0.15, -0.1) is 0 Å². The number of benzene rings is 1. The van der Waals surface area contributed by atoms with Crippen molar-refractivity contribution in [3.8, 4) is 6.07 Å². The zero-order valence-corrected chi connectivity index (χ0v) is 10.9. The minimum atomic E-state index is 0.427. The van der Waals surface area contributed by atoms with E-state index in [1.165, 1.54) is 6.20 Å². The molecule has 1 aromatic heterocycles. The molecule has 0 atom stereocenters. The van der Waals surface area contributed by atoms with Crippen LogP contribution in [0, 0.1) is 11.3 Å². The Morgan fingerprint density at radius 1 is 1.26 bits per heavy atom. The predicted octanol–water partition coefficient (Wildman–Crippen LogP) is 2.35. The Morgan fingerprint density at radius 3 is 2.53 bits per heavy atom. The normalized spacial score (nSPS) is 9.74. The fourth-order valence-electron chi connectivity index (χ4n) is 1.65. The summed E-state index contributed by atoms with van der Waals surface area (Å²) >= 11 is 0. The van der Waals surface area contributed by atoms with E-state index < -0.39 is 0 Å². The first-order valence-corrected chi connectivity index (χ1v) is 5.80. The number of nitrogens with one attached hydrogen (secondary N) is 1. The van der Waals surface area contributed by atoms with Gasteiger partial charge in [-0.25, -0.2) is 4.98 Å². The van der Waals surface area contributed by atoms with Gasteiger partial charge in [0.05, 0.1) is 17.4 Å². The Hall–Kier alpha value is -2.74. The van der Waals surface area contributed by atoms with Gasteiger partial charge in [0.25, 0.3) is 0 Å². The molecule has 0 aliphatic heterocycles. The Bertz CT molecular complexity index is 611. The standard InChI is InChI=1S/C14H15N5/c1-19(2)13-5-3-12(4-6-13)18-14-10(8-15)7-11(16)9-17-14/h3-7,9H,16H2,1-2H3,(H,17,18). The van der Waals surface area contributed by atoms with Crippen LogP contribution in [0.25, 0.3) is 0 Å². The molecule has 0 aliphatic rings. The monoisotopic (exact) mass is 253 g/mol. The Labute approximate surface area is 112 Å².